The van der Waals surface area contributed by atoms with Crippen LogP contribution >= 0.6 is 0 Å². The van der Waals surface area contributed by atoms with E-state index < -0.39 is 0 Å². The SMILES string of the molecule is COc1cc2c(cc1CN1CCO[C@@H](c3cccc(Nc4cc(C)n(C)n4)n3)C1)CCC2. The molecule has 1 atom stereocenters. The quantitative estimate of drug-likeness (QED) is 0.635. The zero-order chi connectivity index (χ0) is 22.1. The average Bonchev–Trinajstić information content (AvgIpc) is 3.38. The number of fused-ring (bicyclic) bond motifs is 1. The van der Waals surface area contributed by atoms with Crippen molar-refractivity contribution in [3.63, 3.8) is 0 Å². The second-order valence-electron chi connectivity index (χ2n) is 8.75. The van der Waals surface area contributed by atoms with Crippen molar-refractivity contribution in [2.75, 3.05) is 32.1 Å². The van der Waals surface area contributed by atoms with Crippen molar-refractivity contribution in [1.29, 1.82) is 0 Å². The number of hydrogen-bond donors (Lipinski definition) is 1. The lowest BCUT2D eigenvalue weighted by molar-refractivity contribution is -0.0351. The molecule has 32 heavy (non-hydrogen) atoms. The zero-order valence-electron chi connectivity index (χ0n) is 19.1. The first-order valence-corrected chi connectivity index (χ1v) is 11.4. The molecule has 0 radical (unpaired) electrons. The molecule has 7 heteroatoms. The lowest BCUT2D eigenvalue weighted by atomic mass is 10.0. The summed E-state index contributed by atoms with van der Waals surface area (Å²) in [6.45, 7) is 5.29. The van der Waals surface area contributed by atoms with Gasteiger partial charge >= 0.3 is 0 Å². The number of aromatic nitrogens is 3. The number of nitrogens with zero attached hydrogens (tertiary/aromatic N) is 4. The molecule has 0 amide bonds. The molecule has 0 unspecified atom stereocenters. The molecule has 0 bridgehead atoms. The van der Waals surface area contributed by atoms with Gasteiger partial charge in [-0.1, -0.05) is 12.1 Å². The standard InChI is InChI=1S/C25H31N5O2/c1-17-12-25(28-29(17)2)27-24-9-5-8-21(26-24)23-16-30(10-11-32-23)15-20-13-18-6-4-7-19(18)14-22(20)31-3/h5,8-9,12-14,23H,4,6-7,10-11,15-16H2,1-3H3,(H,26,27,28)/t23-/m1/s1. The first kappa shape index (κ1) is 21.0. The van der Waals surface area contributed by atoms with Gasteiger partial charge in [-0.15, -0.1) is 0 Å². The molecule has 1 aliphatic carbocycles. The Labute approximate surface area is 189 Å². The molecular formula is C25H31N5O2. The number of rotatable bonds is 6. The third-order valence-electron chi connectivity index (χ3n) is 6.51. The van der Waals surface area contributed by atoms with Gasteiger partial charge in [0.05, 0.1) is 19.4 Å². The molecule has 3 aromatic rings. The molecule has 1 aromatic carbocycles. The topological polar surface area (TPSA) is 64.4 Å². The lowest BCUT2D eigenvalue weighted by Crippen LogP contribution is -2.38. The molecule has 5 rings (SSSR count). The Balaban J connectivity index is 1.29. The highest BCUT2D eigenvalue weighted by Gasteiger charge is 2.25. The second kappa shape index (κ2) is 8.92. The van der Waals surface area contributed by atoms with Crippen LogP contribution in [-0.4, -0.2) is 46.5 Å². The van der Waals surface area contributed by atoms with E-state index in [2.05, 4.69) is 27.4 Å². The number of morpholine rings is 1. The maximum atomic E-state index is 6.11. The average molecular weight is 434 g/mol. The molecule has 168 valence electrons. The monoisotopic (exact) mass is 433 g/mol. The fraction of sp³-hybridized carbons (Fsp3) is 0.440. The van der Waals surface area contributed by atoms with Gasteiger partial charge in [-0.05, 0) is 55.5 Å². The number of nitrogens with one attached hydrogen (secondary N) is 1. The highest BCUT2D eigenvalue weighted by molar-refractivity contribution is 5.52. The third-order valence-corrected chi connectivity index (χ3v) is 6.51. The zero-order valence-corrected chi connectivity index (χ0v) is 19.1. The van der Waals surface area contributed by atoms with Gasteiger partial charge in [-0.25, -0.2) is 4.98 Å². The van der Waals surface area contributed by atoms with Crippen LogP contribution in [0.15, 0.2) is 36.4 Å². The van der Waals surface area contributed by atoms with Gasteiger partial charge in [0.25, 0.3) is 0 Å². The minimum absolute atomic E-state index is 0.0589. The number of pyridine rings is 1. The van der Waals surface area contributed by atoms with Crippen LogP contribution in [0.5, 0.6) is 5.75 Å². The number of anilines is 2. The van der Waals surface area contributed by atoms with Gasteiger partial charge in [0, 0.05) is 44.0 Å². The summed E-state index contributed by atoms with van der Waals surface area (Å²) < 4.78 is 13.7. The first-order chi connectivity index (χ1) is 15.6. The van der Waals surface area contributed by atoms with E-state index in [1.807, 2.05) is 42.9 Å². The molecule has 1 fully saturated rings. The summed E-state index contributed by atoms with van der Waals surface area (Å²) in [6, 6.07) is 12.6. The van der Waals surface area contributed by atoms with Gasteiger partial charge in [0.15, 0.2) is 5.82 Å². The Bertz CT molecular complexity index is 1090. The molecule has 1 saturated heterocycles. The van der Waals surface area contributed by atoms with Crippen LogP contribution in [0, 0.1) is 6.92 Å². The minimum Gasteiger partial charge on any atom is -0.496 e. The number of aryl methyl sites for hydroxylation is 4. The Morgan fingerprint density at radius 2 is 2.00 bits per heavy atom. The van der Waals surface area contributed by atoms with Gasteiger partial charge < -0.3 is 14.8 Å². The minimum atomic E-state index is -0.0589. The summed E-state index contributed by atoms with van der Waals surface area (Å²) in [5.74, 6) is 2.58. The summed E-state index contributed by atoms with van der Waals surface area (Å²) in [5, 5.41) is 7.77. The van der Waals surface area contributed by atoms with Crippen molar-refractivity contribution in [3.05, 3.63) is 64.5 Å². The van der Waals surface area contributed by atoms with Gasteiger partial charge in [-0.2, -0.15) is 5.10 Å². The maximum Gasteiger partial charge on any atom is 0.153 e. The molecule has 0 saturated carbocycles. The highest BCUT2D eigenvalue weighted by Crippen LogP contribution is 2.32. The molecular weight excluding hydrogens is 402 g/mol. The van der Waals surface area contributed by atoms with E-state index in [0.29, 0.717) is 6.61 Å². The first-order valence-electron chi connectivity index (χ1n) is 11.4. The second-order valence-corrected chi connectivity index (χ2v) is 8.75. The fourth-order valence-electron chi connectivity index (χ4n) is 4.69. The summed E-state index contributed by atoms with van der Waals surface area (Å²) in [5.41, 5.74) is 6.23. The normalized spacial score (nSPS) is 18.5. The van der Waals surface area contributed by atoms with Gasteiger partial charge in [0.2, 0.25) is 0 Å². The molecule has 1 aliphatic heterocycles. The van der Waals surface area contributed by atoms with Gasteiger partial charge in [-0.3, -0.25) is 9.58 Å². The number of benzene rings is 1. The Morgan fingerprint density at radius 3 is 2.78 bits per heavy atom. The van der Waals surface area contributed by atoms with Crippen molar-refractivity contribution in [1.82, 2.24) is 19.7 Å². The predicted molar refractivity (Wildman–Crippen MR) is 124 cm³/mol. The largest absolute Gasteiger partial charge is 0.496 e. The van der Waals surface area contributed by atoms with Crippen molar-refractivity contribution in [2.45, 2.75) is 38.8 Å². The lowest BCUT2D eigenvalue weighted by Gasteiger charge is -2.33. The van der Waals surface area contributed by atoms with E-state index in [1.165, 1.54) is 36.0 Å². The molecule has 7 nitrogen and oxygen atoms in total. The molecule has 1 N–H and O–H groups in total. The van der Waals surface area contributed by atoms with Crippen LogP contribution in [0.4, 0.5) is 11.6 Å². The van der Waals surface area contributed by atoms with E-state index in [4.69, 9.17) is 14.5 Å². The summed E-state index contributed by atoms with van der Waals surface area (Å²) in [6.07, 6.45) is 3.53. The molecule has 3 heterocycles. The van der Waals surface area contributed by atoms with Crippen molar-refractivity contribution < 1.29 is 9.47 Å². The van der Waals surface area contributed by atoms with Crippen molar-refractivity contribution >= 4 is 11.6 Å². The van der Waals surface area contributed by atoms with Crippen LogP contribution in [0.25, 0.3) is 0 Å². The van der Waals surface area contributed by atoms with Gasteiger partial charge in [0.1, 0.15) is 17.7 Å². The Hall–Kier alpha value is -2.90. The van der Waals surface area contributed by atoms with E-state index in [-0.39, 0.29) is 6.10 Å². The number of ether oxygens (including phenoxy) is 2. The van der Waals surface area contributed by atoms with Crippen molar-refractivity contribution in [2.24, 2.45) is 7.05 Å². The van der Waals surface area contributed by atoms with Crippen LogP contribution in [-0.2, 0) is 31.2 Å². The van der Waals surface area contributed by atoms with Crippen LogP contribution in [0.1, 0.15) is 40.6 Å². The number of methoxy groups -OCH3 is 1. The third kappa shape index (κ3) is 4.36. The predicted octanol–water partition coefficient (Wildman–Crippen LogP) is 3.94. The van der Waals surface area contributed by atoms with Crippen LogP contribution < -0.4 is 10.1 Å². The summed E-state index contributed by atoms with van der Waals surface area (Å²) >= 11 is 0. The van der Waals surface area contributed by atoms with E-state index in [9.17, 15) is 0 Å². The van der Waals surface area contributed by atoms with E-state index >= 15 is 0 Å². The van der Waals surface area contributed by atoms with Crippen LogP contribution in [0.3, 0.4) is 0 Å². The smallest absolute Gasteiger partial charge is 0.153 e. The Morgan fingerprint density at radius 1 is 1.16 bits per heavy atom. The molecule has 2 aromatic heterocycles. The number of hydrogen-bond acceptors (Lipinski definition) is 6. The summed E-state index contributed by atoms with van der Waals surface area (Å²) in [4.78, 5) is 7.26. The maximum absolute atomic E-state index is 6.11. The van der Waals surface area contributed by atoms with Crippen LogP contribution in [0.2, 0.25) is 0 Å². The van der Waals surface area contributed by atoms with E-state index in [0.717, 1.165) is 48.4 Å². The fourth-order valence-corrected chi connectivity index (χ4v) is 4.69. The molecule has 2 aliphatic rings. The van der Waals surface area contributed by atoms with Crippen molar-refractivity contribution in [3.8, 4) is 5.75 Å². The Kier molecular flexibility index (Phi) is 5.85. The summed E-state index contributed by atoms with van der Waals surface area (Å²) in [7, 11) is 3.71. The molecule has 0 spiro atoms. The van der Waals surface area contributed by atoms with E-state index in [1.54, 1.807) is 7.11 Å². The highest BCUT2D eigenvalue weighted by atomic mass is 16.5.